The first-order valence-corrected chi connectivity index (χ1v) is 4.98. The number of benzene rings is 1. The predicted octanol–water partition coefficient (Wildman–Crippen LogP) is 2.88. The molecule has 0 spiro atoms. The van der Waals surface area contributed by atoms with Crippen LogP contribution < -0.4 is 0 Å². The lowest BCUT2D eigenvalue weighted by Crippen LogP contribution is -1.99. The third kappa shape index (κ3) is 1.49. The number of halogens is 1. The first-order valence-electron chi connectivity index (χ1n) is 4.98. The lowest BCUT2D eigenvalue weighted by molar-refractivity contribution is 0.0984. The highest BCUT2D eigenvalue weighted by Crippen LogP contribution is 2.23. The van der Waals surface area contributed by atoms with Crippen LogP contribution in [0.5, 0.6) is 0 Å². The topological polar surface area (TPSA) is 32.9 Å². The van der Waals surface area contributed by atoms with Gasteiger partial charge >= 0.3 is 0 Å². The zero-order chi connectivity index (χ0) is 11.7. The van der Waals surface area contributed by atoms with Crippen LogP contribution in [-0.2, 0) is 0 Å². The lowest BCUT2D eigenvalue weighted by Gasteiger charge is -1.94. The van der Waals surface area contributed by atoms with E-state index in [9.17, 15) is 9.18 Å². The molecule has 2 nitrogen and oxygen atoms in total. The van der Waals surface area contributed by atoms with Crippen LogP contribution in [0.4, 0.5) is 4.39 Å². The largest absolute Gasteiger partial charge is 0.351 e. The Morgan fingerprint density at radius 2 is 2.31 bits per heavy atom. The van der Waals surface area contributed by atoms with Crippen molar-refractivity contribution in [3.8, 4) is 12.3 Å². The number of fused-ring (bicyclic) bond motifs is 1. The smallest absolute Gasteiger partial charge is 0.180 e. The van der Waals surface area contributed by atoms with Gasteiger partial charge in [0.25, 0.3) is 0 Å². The summed E-state index contributed by atoms with van der Waals surface area (Å²) in [5.41, 5.74) is 1.53. The van der Waals surface area contributed by atoms with Crippen LogP contribution in [0.1, 0.15) is 29.4 Å². The van der Waals surface area contributed by atoms with E-state index in [1.807, 2.05) is 0 Å². The van der Waals surface area contributed by atoms with Crippen molar-refractivity contribution in [3.63, 3.8) is 0 Å². The third-order valence-corrected chi connectivity index (χ3v) is 2.50. The Morgan fingerprint density at radius 3 is 2.94 bits per heavy atom. The third-order valence-electron chi connectivity index (χ3n) is 2.50. The first kappa shape index (κ1) is 10.4. The van der Waals surface area contributed by atoms with Crippen molar-refractivity contribution in [2.45, 2.75) is 13.3 Å². The van der Waals surface area contributed by atoms with E-state index in [1.165, 1.54) is 12.1 Å². The Labute approximate surface area is 92.5 Å². The molecule has 0 unspecified atom stereocenters. The van der Waals surface area contributed by atoms with Gasteiger partial charge in [0.05, 0.1) is 11.3 Å². The Bertz CT molecular complexity index is 604. The van der Waals surface area contributed by atoms with Crippen LogP contribution >= 0.6 is 0 Å². The van der Waals surface area contributed by atoms with Crippen LogP contribution in [0.3, 0.4) is 0 Å². The average Bonchev–Trinajstić information content (AvgIpc) is 2.65. The standard InChI is InChI=1S/C13H10FNO/c1-3-9-10-7-8(14)5-6-11(10)15-13(9)12(16)4-2/h1,5-7,15H,4H2,2H3. The molecule has 2 aromatic rings. The van der Waals surface area contributed by atoms with E-state index in [-0.39, 0.29) is 11.6 Å². The summed E-state index contributed by atoms with van der Waals surface area (Å²) in [6.07, 6.45) is 5.72. The Kier molecular flexibility index (Phi) is 2.49. The molecule has 1 N–H and O–H groups in total. The highest BCUT2D eigenvalue weighted by Gasteiger charge is 2.15. The molecule has 3 heteroatoms. The molecule has 0 atom stereocenters. The predicted molar refractivity (Wildman–Crippen MR) is 60.8 cm³/mol. The van der Waals surface area contributed by atoms with Gasteiger partial charge in [-0.3, -0.25) is 4.79 Å². The van der Waals surface area contributed by atoms with E-state index < -0.39 is 0 Å². The second-order valence-electron chi connectivity index (χ2n) is 3.49. The van der Waals surface area contributed by atoms with E-state index in [1.54, 1.807) is 13.0 Å². The van der Waals surface area contributed by atoms with Crippen LogP contribution in [-0.4, -0.2) is 10.8 Å². The summed E-state index contributed by atoms with van der Waals surface area (Å²) in [5, 5.41) is 0.583. The fourth-order valence-corrected chi connectivity index (χ4v) is 1.70. The number of H-pyrrole nitrogens is 1. The molecule has 16 heavy (non-hydrogen) atoms. The van der Waals surface area contributed by atoms with Gasteiger partial charge in [-0.15, -0.1) is 6.42 Å². The molecule has 0 aliphatic rings. The Hall–Kier alpha value is -2.08. The molecular weight excluding hydrogens is 205 g/mol. The fourth-order valence-electron chi connectivity index (χ4n) is 1.70. The molecule has 0 aliphatic carbocycles. The highest BCUT2D eigenvalue weighted by molar-refractivity contribution is 6.03. The summed E-state index contributed by atoms with van der Waals surface area (Å²) in [6.45, 7) is 1.76. The van der Waals surface area contributed by atoms with Gasteiger partial charge in [-0.1, -0.05) is 12.8 Å². The molecule has 1 aromatic carbocycles. The summed E-state index contributed by atoms with van der Waals surface area (Å²) in [6, 6.07) is 4.25. The zero-order valence-electron chi connectivity index (χ0n) is 8.80. The molecule has 0 saturated carbocycles. The van der Waals surface area contributed by atoms with Crippen molar-refractivity contribution >= 4 is 16.7 Å². The second-order valence-corrected chi connectivity index (χ2v) is 3.49. The van der Waals surface area contributed by atoms with Gasteiger partial charge in [0.15, 0.2) is 5.78 Å². The molecule has 0 amide bonds. The van der Waals surface area contributed by atoms with Gasteiger partial charge in [0, 0.05) is 17.3 Å². The zero-order valence-corrected chi connectivity index (χ0v) is 8.80. The van der Waals surface area contributed by atoms with Gasteiger partial charge in [0.2, 0.25) is 0 Å². The van der Waals surface area contributed by atoms with Crippen molar-refractivity contribution in [3.05, 3.63) is 35.3 Å². The molecule has 0 saturated heterocycles. The van der Waals surface area contributed by atoms with E-state index in [0.29, 0.717) is 28.6 Å². The van der Waals surface area contributed by atoms with Crippen LogP contribution in [0.2, 0.25) is 0 Å². The Balaban J connectivity index is 2.78. The Morgan fingerprint density at radius 1 is 1.56 bits per heavy atom. The number of rotatable bonds is 2. The number of hydrogen-bond acceptors (Lipinski definition) is 1. The van der Waals surface area contributed by atoms with Crippen molar-refractivity contribution in [2.24, 2.45) is 0 Å². The first-order chi connectivity index (χ1) is 7.67. The molecule has 0 bridgehead atoms. The normalized spacial score (nSPS) is 10.3. The van der Waals surface area contributed by atoms with Crippen molar-refractivity contribution in [1.82, 2.24) is 4.98 Å². The molecule has 80 valence electrons. The maximum Gasteiger partial charge on any atom is 0.180 e. The van der Waals surface area contributed by atoms with E-state index in [0.717, 1.165) is 0 Å². The summed E-state index contributed by atoms with van der Waals surface area (Å²) in [5.74, 6) is 2.01. The molecule has 0 radical (unpaired) electrons. The molecular formula is C13H10FNO. The number of ketones is 1. The second kappa shape index (κ2) is 3.82. The fraction of sp³-hybridized carbons (Fsp3) is 0.154. The average molecular weight is 215 g/mol. The van der Waals surface area contributed by atoms with E-state index in [2.05, 4.69) is 10.9 Å². The van der Waals surface area contributed by atoms with Gasteiger partial charge in [0.1, 0.15) is 5.82 Å². The van der Waals surface area contributed by atoms with Crippen LogP contribution in [0, 0.1) is 18.2 Å². The van der Waals surface area contributed by atoms with Gasteiger partial charge < -0.3 is 4.98 Å². The van der Waals surface area contributed by atoms with Gasteiger partial charge in [-0.2, -0.15) is 0 Å². The van der Waals surface area contributed by atoms with E-state index >= 15 is 0 Å². The molecule has 1 heterocycles. The van der Waals surface area contributed by atoms with E-state index in [4.69, 9.17) is 6.42 Å². The number of Topliss-reactive ketones (excluding diaryl/α,β-unsaturated/α-hetero) is 1. The summed E-state index contributed by atoms with van der Waals surface area (Å²) in [7, 11) is 0. The number of hydrogen-bond donors (Lipinski definition) is 1. The number of aromatic nitrogens is 1. The summed E-state index contributed by atoms with van der Waals surface area (Å²) >= 11 is 0. The number of nitrogens with one attached hydrogen (secondary N) is 1. The maximum atomic E-state index is 13.1. The minimum Gasteiger partial charge on any atom is -0.351 e. The lowest BCUT2D eigenvalue weighted by atomic mass is 10.1. The number of carbonyl (C=O) groups is 1. The molecule has 0 aliphatic heterocycles. The highest BCUT2D eigenvalue weighted by atomic mass is 19.1. The monoisotopic (exact) mass is 215 g/mol. The summed E-state index contributed by atoms with van der Waals surface area (Å²) in [4.78, 5) is 14.6. The molecule has 2 rings (SSSR count). The summed E-state index contributed by atoms with van der Waals surface area (Å²) < 4.78 is 13.1. The minimum absolute atomic E-state index is 0.0652. The minimum atomic E-state index is -0.363. The molecule has 1 aromatic heterocycles. The molecule has 0 fully saturated rings. The van der Waals surface area contributed by atoms with Crippen molar-refractivity contribution in [2.75, 3.05) is 0 Å². The van der Waals surface area contributed by atoms with Gasteiger partial charge in [-0.05, 0) is 18.2 Å². The number of terminal acetylenes is 1. The van der Waals surface area contributed by atoms with Crippen molar-refractivity contribution in [1.29, 1.82) is 0 Å². The van der Waals surface area contributed by atoms with Crippen LogP contribution in [0.25, 0.3) is 10.9 Å². The number of aromatic amines is 1. The van der Waals surface area contributed by atoms with Crippen molar-refractivity contribution < 1.29 is 9.18 Å². The maximum absolute atomic E-state index is 13.1. The van der Waals surface area contributed by atoms with Crippen LogP contribution in [0.15, 0.2) is 18.2 Å². The SMILES string of the molecule is C#Cc1c(C(=O)CC)[nH]c2ccc(F)cc12. The quantitative estimate of drug-likeness (QED) is 0.606. The number of carbonyl (C=O) groups excluding carboxylic acids is 1. The van der Waals surface area contributed by atoms with Gasteiger partial charge in [-0.25, -0.2) is 4.39 Å².